The van der Waals surface area contributed by atoms with E-state index in [0.717, 1.165) is 52.0 Å². The molecule has 0 aromatic rings. The van der Waals surface area contributed by atoms with Crippen molar-refractivity contribution in [1.29, 1.82) is 0 Å². The molecule has 2 unspecified atom stereocenters. The molecule has 2 fully saturated rings. The van der Waals surface area contributed by atoms with E-state index >= 15 is 0 Å². The fraction of sp³-hybridized carbons (Fsp3) is 0.933. The monoisotopic (exact) mass is 283 g/mol. The number of carboxylic acid groups (broad SMARTS) is 1. The van der Waals surface area contributed by atoms with Crippen molar-refractivity contribution >= 4 is 5.97 Å². The average molecular weight is 283 g/mol. The Morgan fingerprint density at radius 1 is 1.35 bits per heavy atom. The summed E-state index contributed by atoms with van der Waals surface area (Å²) in [5, 5.41) is 9.33. The summed E-state index contributed by atoms with van der Waals surface area (Å²) < 4.78 is 0. The van der Waals surface area contributed by atoms with E-state index in [1.165, 1.54) is 0 Å². The summed E-state index contributed by atoms with van der Waals surface area (Å²) in [5.41, 5.74) is 5.12. The summed E-state index contributed by atoms with van der Waals surface area (Å²) in [6.07, 6.45) is 3.47. The Morgan fingerprint density at radius 3 is 2.55 bits per heavy atom. The highest BCUT2D eigenvalue weighted by Gasteiger charge is 2.45. The molecule has 1 heterocycles. The van der Waals surface area contributed by atoms with Crippen molar-refractivity contribution < 1.29 is 9.90 Å². The molecule has 1 aliphatic carbocycles. The lowest BCUT2D eigenvalue weighted by Gasteiger charge is -2.38. The van der Waals surface area contributed by atoms with Gasteiger partial charge in [-0.25, -0.2) is 0 Å². The van der Waals surface area contributed by atoms with Crippen LogP contribution in [0.1, 0.15) is 39.5 Å². The second-order valence-corrected chi connectivity index (χ2v) is 6.69. The quantitative estimate of drug-likeness (QED) is 0.787. The molecule has 20 heavy (non-hydrogen) atoms. The molecule has 116 valence electrons. The van der Waals surface area contributed by atoms with Crippen LogP contribution >= 0.6 is 0 Å². The molecule has 5 heteroatoms. The molecule has 0 aromatic carbocycles. The van der Waals surface area contributed by atoms with E-state index in [9.17, 15) is 9.90 Å². The van der Waals surface area contributed by atoms with Crippen molar-refractivity contribution in [3.8, 4) is 0 Å². The third-order valence-electron chi connectivity index (χ3n) is 5.20. The third-order valence-corrected chi connectivity index (χ3v) is 5.20. The minimum Gasteiger partial charge on any atom is -0.480 e. The maximum Gasteiger partial charge on any atom is 0.323 e. The molecular formula is C15H29N3O2. The summed E-state index contributed by atoms with van der Waals surface area (Å²) in [6.45, 7) is 9.89. The van der Waals surface area contributed by atoms with Crippen molar-refractivity contribution in [3.05, 3.63) is 0 Å². The summed E-state index contributed by atoms with van der Waals surface area (Å²) in [5.74, 6) is -0.673. The van der Waals surface area contributed by atoms with Crippen molar-refractivity contribution in [3.63, 3.8) is 0 Å². The molecule has 5 nitrogen and oxygen atoms in total. The molecular weight excluding hydrogens is 254 g/mol. The maximum atomic E-state index is 11.4. The summed E-state index contributed by atoms with van der Waals surface area (Å²) in [4.78, 5) is 16.3. The second-order valence-electron chi connectivity index (χ2n) is 6.69. The first-order chi connectivity index (χ1) is 9.43. The van der Waals surface area contributed by atoms with Crippen molar-refractivity contribution in [2.45, 2.75) is 51.1 Å². The number of nitrogens with two attached hydrogens (primary N) is 1. The van der Waals surface area contributed by atoms with Gasteiger partial charge in [-0.2, -0.15) is 0 Å². The molecule has 2 rings (SSSR count). The zero-order chi connectivity index (χ0) is 14.8. The number of hydrogen-bond donors (Lipinski definition) is 2. The summed E-state index contributed by atoms with van der Waals surface area (Å²) >= 11 is 0. The van der Waals surface area contributed by atoms with Crippen LogP contribution in [-0.2, 0) is 4.79 Å². The number of nitrogens with zero attached hydrogens (tertiary/aromatic N) is 2. The highest BCUT2D eigenvalue weighted by molar-refractivity contribution is 5.79. The molecule has 0 bridgehead atoms. The van der Waals surface area contributed by atoms with Crippen molar-refractivity contribution in [2.24, 2.45) is 11.7 Å². The van der Waals surface area contributed by atoms with Crippen LogP contribution < -0.4 is 5.73 Å². The largest absolute Gasteiger partial charge is 0.480 e. The lowest BCUT2D eigenvalue weighted by atomic mass is 9.85. The number of rotatable bonds is 5. The van der Waals surface area contributed by atoms with Gasteiger partial charge in [0, 0.05) is 32.2 Å². The molecule has 2 atom stereocenters. The van der Waals surface area contributed by atoms with Gasteiger partial charge in [0.15, 0.2) is 0 Å². The van der Waals surface area contributed by atoms with Crippen LogP contribution in [-0.4, -0.2) is 65.2 Å². The number of aliphatic carboxylic acids is 1. The fourth-order valence-electron chi connectivity index (χ4n) is 3.63. The Morgan fingerprint density at radius 2 is 2.00 bits per heavy atom. The number of hydrogen-bond acceptors (Lipinski definition) is 4. The highest BCUT2D eigenvalue weighted by Crippen LogP contribution is 2.36. The van der Waals surface area contributed by atoms with Crippen LogP contribution in [0.2, 0.25) is 0 Å². The average Bonchev–Trinajstić information content (AvgIpc) is 2.79. The predicted molar refractivity (Wildman–Crippen MR) is 79.7 cm³/mol. The van der Waals surface area contributed by atoms with Gasteiger partial charge in [-0.15, -0.1) is 0 Å². The second kappa shape index (κ2) is 6.41. The zero-order valence-corrected chi connectivity index (χ0v) is 12.8. The van der Waals surface area contributed by atoms with E-state index in [1.807, 2.05) is 0 Å². The van der Waals surface area contributed by atoms with Crippen LogP contribution in [0.4, 0.5) is 0 Å². The van der Waals surface area contributed by atoms with Gasteiger partial charge in [0.05, 0.1) is 0 Å². The van der Waals surface area contributed by atoms with E-state index < -0.39 is 11.5 Å². The van der Waals surface area contributed by atoms with Crippen LogP contribution in [0.25, 0.3) is 0 Å². The zero-order valence-electron chi connectivity index (χ0n) is 12.8. The predicted octanol–water partition coefficient (Wildman–Crippen LogP) is 0.985. The molecule has 0 radical (unpaired) electrons. The molecule has 1 aliphatic heterocycles. The van der Waals surface area contributed by atoms with Gasteiger partial charge in [-0.05, 0) is 45.6 Å². The minimum absolute atomic E-state index is 0.142. The first-order valence-electron chi connectivity index (χ1n) is 7.92. The molecule has 0 amide bonds. The molecule has 2 aliphatic rings. The van der Waals surface area contributed by atoms with E-state index in [-0.39, 0.29) is 5.92 Å². The Kier molecular flexibility index (Phi) is 5.04. The normalized spacial score (nSPS) is 32.9. The van der Waals surface area contributed by atoms with Crippen LogP contribution in [0, 0.1) is 5.92 Å². The molecule has 1 saturated carbocycles. The fourth-order valence-corrected chi connectivity index (χ4v) is 3.63. The van der Waals surface area contributed by atoms with Gasteiger partial charge in [0.2, 0.25) is 0 Å². The first-order valence-corrected chi connectivity index (χ1v) is 7.92. The van der Waals surface area contributed by atoms with E-state index in [1.54, 1.807) is 0 Å². The van der Waals surface area contributed by atoms with Gasteiger partial charge in [0.1, 0.15) is 5.54 Å². The topological polar surface area (TPSA) is 69.8 Å². The van der Waals surface area contributed by atoms with E-state index in [0.29, 0.717) is 12.5 Å². The molecule has 3 N–H and O–H groups in total. The smallest absolute Gasteiger partial charge is 0.323 e. The Labute approximate surface area is 122 Å². The summed E-state index contributed by atoms with van der Waals surface area (Å²) in [6, 6.07) is 0.621. The van der Waals surface area contributed by atoms with Crippen LogP contribution in [0.5, 0.6) is 0 Å². The van der Waals surface area contributed by atoms with E-state index in [4.69, 9.17) is 5.73 Å². The van der Waals surface area contributed by atoms with Gasteiger partial charge < -0.3 is 15.7 Å². The van der Waals surface area contributed by atoms with Crippen molar-refractivity contribution in [1.82, 2.24) is 9.80 Å². The SMILES string of the molecule is CC(C)N1CCN(CCC2CCCC2(N)C(=O)O)CC1. The number of piperazine rings is 1. The minimum atomic E-state index is -0.972. The van der Waals surface area contributed by atoms with Gasteiger partial charge in [-0.1, -0.05) is 6.42 Å². The van der Waals surface area contributed by atoms with E-state index in [2.05, 4.69) is 23.6 Å². The molecule has 1 saturated heterocycles. The Hall–Kier alpha value is -0.650. The van der Waals surface area contributed by atoms with Crippen LogP contribution in [0.15, 0.2) is 0 Å². The third kappa shape index (κ3) is 3.32. The van der Waals surface area contributed by atoms with Gasteiger partial charge in [0.25, 0.3) is 0 Å². The highest BCUT2D eigenvalue weighted by atomic mass is 16.4. The first kappa shape index (κ1) is 15.7. The molecule has 0 aromatic heterocycles. The maximum absolute atomic E-state index is 11.4. The van der Waals surface area contributed by atoms with Crippen LogP contribution in [0.3, 0.4) is 0 Å². The standard InChI is InChI=1S/C15H29N3O2/c1-12(2)18-10-8-17(9-11-18)7-5-13-4-3-6-15(13,16)14(19)20/h12-13H,3-11,16H2,1-2H3,(H,19,20). The number of carbonyl (C=O) groups is 1. The Balaban J connectivity index is 1.77. The summed E-state index contributed by atoms with van der Waals surface area (Å²) in [7, 11) is 0. The number of carboxylic acids is 1. The van der Waals surface area contributed by atoms with Gasteiger partial charge in [-0.3, -0.25) is 9.69 Å². The molecule has 0 spiro atoms. The Bertz CT molecular complexity index is 340. The van der Waals surface area contributed by atoms with Crippen molar-refractivity contribution in [2.75, 3.05) is 32.7 Å². The lowest BCUT2D eigenvalue weighted by Crippen LogP contribution is -2.53. The van der Waals surface area contributed by atoms with Gasteiger partial charge >= 0.3 is 5.97 Å². The lowest BCUT2D eigenvalue weighted by molar-refractivity contribution is -0.144.